The number of nitrogens with zero attached hydrogens (tertiary/aromatic N) is 4. The Labute approximate surface area is 590 Å². The third-order valence-electron chi connectivity index (χ3n) is 21.1. The summed E-state index contributed by atoms with van der Waals surface area (Å²) >= 11 is 14.9. The van der Waals surface area contributed by atoms with Crippen LogP contribution in [0.2, 0.25) is 0 Å². The summed E-state index contributed by atoms with van der Waals surface area (Å²) in [5.74, 6) is -0.525. The predicted octanol–water partition coefficient (Wildman–Crippen LogP) is 18.5. The molecule has 0 atom stereocenters. The summed E-state index contributed by atoms with van der Waals surface area (Å²) in [6.07, 6.45) is 25.1. The van der Waals surface area contributed by atoms with Crippen LogP contribution in [-0.2, 0) is 51.4 Å². The summed E-state index contributed by atoms with van der Waals surface area (Å²) in [5.41, 5.74) is 17.4. The minimum absolute atomic E-state index is 0.263. The van der Waals surface area contributed by atoms with Gasteiger partial charge in [-0.1, -0.05) is 160 Å². The minimum atomic E-state index is -4.05. The number of fused-ring (bicyclic) bond motifs is 8. The van der Waals surface area contributed by atoms with Crippen LogP contribution in [0.3, 0.4) is 0 Å². The molecule has 0 spiro atoms. The van der Waals surface area contributed by atoms with Crippen molar-refractivity contribution in [2.75, 3.05) is 73.9 Å². The van der Waals surface area contributed by atoms with Gasteiger partial charge in [0.25, 0.3) is 20.2 Å². The van der Waals surface area contributed by atoms with Gasteiger partial charge in [0.2, 0.25) is 11.4 Å². The van der Waals surface area contributed by atoms with E-state index in [0.717, 1.165) is 93.7 Å². The number of allylic oxidation sites excluding steroid dienone is 16. The van der Waals surface area contributed by atoms with Gasteiger partial charge in [-0.25, -0.2) is 0 Å². The molecule has 98 heavy (non-hydrogen) atoms. The van der Waals surface area contributed by atoms with Crippen LogP contribution in [0.5, 0.6) is 0 Å². The zero-order valence-corrected chi connectivity index (χ0v) is 61.2. The lowest BCUT2D eigenvalue weighted by Gasteiger charge is -2.27. The number of halogens is 2. The molecule has 4 heterocycles. The molecule has 6 aromatic carbocycles. The van der Waals surface area contributed by atoms with Crippen LogP contribution in [-0.4, -0.2) is 111 Å². The van der Waals surface area contributed by atoms with Gasteiger partial charge in [-0.05, 0) is 170 Å². The lowest BCUT2D eigenvalue weighted by atomic mass is 9.78. The average molecular weight is 1400 g/mol. The van der Waals surface area contributed by atoms with E-state index in [9.17, 15) is 25.9 Å². The smallest absolute Gasteiger partial charge is 0.264 e. The molecule has 6 aromatic rings. The Hall–Kier alpha value is -6.98. The summed E-state index contributed by atoms with van der Waals surface area (Å²) in [6.45, 7) is 22.7. The molecule has 12 nitrogen and oxygen atoms in total. The van der Waals surface area contributed by atoms with E-state index in [1.54, 1.807) is 0 Å². The molecule has 0 amide bonds. The summed E-state index contributed by atoms with van der Waals surface area (Å²) in [6, 6.07) is 43.0. The number of para-hydroxylation sites is 2. The maximum atomic E-state index is 11.7. The molecule has 514 valence electrons. The van der Waals surface area contributed by atoms with E-state index >= 15 is 0 Å². The van der Waals surface area contributed by atoms with Gasteiger partial charge < -0.3 is 19.3 Å². The highest BCUT2D eigenvalue weighted by atomic mass is 35.5. The second-order valence-corrected chi connectivity index (χ2v) is 32.9. The number of hydrogen-bond donors (Lipinski definition) is 2. The Kier molecular flexibility index (Phi) is 20.9. The molecule has 4 aliphatic heterocycles. The lowest BCUT2D eigenvalue weighted by molar-refractivity contribution is -0.438. The molecule has 0 saturated carbocycles. The number of rotatable bonds is 25. The normalized spacial score (nSPS) is 20.5. The molecule has 0 saturated heterocycles. The quantitative estimate of drug-likeness (QED) is 0.0323. The van der Waals surface area contributed by atoms with Crippen LogP contribution in [0, 0.1) is 0 Å². The minimum Gasteiger partial charge on any atom is -0.377 e. The van der Waals surface area contributed by atoms with Crippen LogP contribution < -0.4 is 9.80 Å². The predicted molar refractivity (Wildman–Crippen MR) is 404 cm³/mol. The van der Waals surface area contributed by atoms with E-state index < -0.39 is 20.2 Å². The molecule has 12 rings (SSSR count). The van der Waals surface area contributed by atoms with Crippen LogP contribution in [0.15, 0.2) is 214 Å². The second-order valence-electron chi connectivity index (χ2n) is 29.0. The zero-order valence-electron chi connectivity index (χ0n) is 58.0. The molecule has 0 bridgehead atoms. The number of anilines is 2. The van der Waals surface area contributed by atoms with E-state index in [4.69, 9.17) is 32.7 Å². The van der Waals surface area contributed by atoms with Gasteiger partial charge in [0.05, 0.1) is 48.8 Å². The fraction of sp³-hybridized carbons (Fsp3) is 0.390. The summed E-state index contributed by atoms with van der Waals surface area (Å²) in [4.78, 5) is 4.80. The van der Waals surface area contributed by atoms with E-state index in [1.165, 1.54) is 66.6 Å². The fourth-order valence-corrected chi connectivity index (χ4v) is 18.0. The first kappa shape index (κ1) is 70.9. The van der Waals surface area contributed by atoms with Gasteiger partial charge in [0.1, 0.15) is 13.1 Å². The van der Waals surface area contributed by atoms with Crippen LogP contribution in [0.25, 0.3) is 21.5 Å². The van der Waals surface area contributed by atoms with Gasteiger partial charge in [0.15, 0.2) is 11.4 Å². The first-order valence-corrected chi connectivity index (χ1v) is 38.9. The molecular weight excluding hydrogens is 1300 g/mol. The van der Waals surface area contributed by atoms with E-state index in [-0.39, 0.29) is 33.2 Å². The highest BCUT2D eigenvalue weighted by molar-refractivity contribution is 7.86. The third-order valence-corrected chi connectivity index (χ3v) is 23.7. The van der Waals surface area contributed by atoms with Crippen LogP contribution in [0.4, 0.5) is 22.7 Å². The molecule has 0 unspecified atom stereocenters. The Morgan fingerprint density at radius 3 is 1.26 bits per heavy atom. The number of ether oxygens (including phenoxy) is 2. The molecule has 0 fully saturated rings. The number of hydrogen-bond acceptors (Lipinski definition) is 8. The first-order valence-electron chi connectivity index (χ1n) is 34.9. The van der Waals surface area contributed by atoms with Crippen molar-refractivity contribution in [3.05, 3.63) is 236 Å². The van der Waals surface area contributed by atoms with Crippen molar-refractivity contribution in [2.45, 2.75) is 141 Å². The van der Waals surface area contributed by atoms with Crippen molar-refractivity contribution < 1.29 is 44.6 Å². The first-order chi connectivity index (χ1) is 46.8. The Bertz CT molecular complexity index is 4400. The summed E-state index contributed by atoms with van der Waals surface area (Å²) in [5, 5.41) is 6.32. The highest BCUT2D eigenvalue weighted by Crippen LogP contribution is 2.51. The molecule has 16 heteroatoms. The number of unbranched alkanes of at least 4 members (excludes halogenated alkanes) is 2. The molecular formula is C82H94Cl2N4O8S2+2. The monoisotopic (exact) mass is 1400 g/mol. The molecule has 2 N–H and O–H groups in total. The average Bonchev–Trinajstić information content (AvgIpc) is 1.57. The van der Waals surface area contributed by atoms with Crippen LogP contribution >= 0.6 is 23.2 Å². The maximum absolute atomic E-state index is 11.7. The van der Waals surface area contributed by atoms with Gasteiger partial charge >= 0.3 is 0 Å². The van der Waals surface area contributed by atoms with E-state index in [2.05, 4.69) is 244 Å². The van der Waals surface area contributed by atoms with Crippen molar-refractivity contribution in [1.82, 2.24) is 0 Å². The largest absolute Gasteiger partial charge is 0.377 e. The highest BCUT2D eigenvalue weighted by Gasteiger charge is 2.48. The van der Waals surface area contributed by atoms with Crippen molar-refractivity contribution in [3.8, 4) is 0 Å². The third kappa shape index (κ3) is 14.5. The Morgan fingerprint density at radius 1 is 0.459 bits per heavy atom. The molecule has 6 aliphatic rings. The van der Waals surface area contributed by atoms with E-state index in [0.29, 0.717) is 78.3 Å². The maximum Gasteiger partial charge on any atom is 0.264 e. The van der Waals surface area contributed by atoms with Gasteiger partial charge in [-0.3, -0.25) is 9.11 Å². The van der Waals surface area contributed by atoms with Crippen molar-refractivity contribution in [2.24, 2.45) is 0 Å². The van der Waals surface area contributed by atoms with Crippen molar-refractivity contribution in [1.29, 1.82) is 0 Å². The topological polar surface area (TPSA) is 140 Å². The van der Waals surface area contributed by atoms with Gasteiger partial charge in [-0.2, -0.15) is 26.0 Å². The summed E-state index contributed by atoms with van der Waals surface area (Å²) < 4.78 is 83.1. The number of benzene rings is 6. The van der Waals surface area contributed by atoms with Crippen molar-refractivity contribution >= 4 is 99.2 Å². The Morgan fingerprint density at radius 2 is 0.847 bits per heavy atom. The standard InChI is InChI=1S/C82H92Cl2N4O8S2/c1-79(2)65-31-13-15-33-67(65)87(71(79)43-37-59-25-21-27-61(77(59)83)39-45-73-81(5,6)75-63-29-11-9-23-57(63)35-41-69(75)85(73)47-17-19-55-97(89,90)91)49-51-95-53-54-96-52-50-88-68-34-16-14-32-66(68)80(3,4)72(88)44-38-60-26-22-28-62(78(60)84)40-46-74-82(7,8)76-64-30-12-10-24-58(64)36-42-70(76)86(74)48-18-20-56-98(92,93)94/h9-16,23-24,29-46H,17-22,25-28,47-56H2,1-8H3/p+2. The van der Waals surface area contributed by atoms with Crippen molar-refractivity contribution in [3.63, 3.8) is 0 Å². The fourth-order valence-electron chi connectivity index (χ4n) is 16.2. The lowest BCUT2D eigenvalue weighted by Crippen LogP contribution is -2.30. The molecule has 0 radical (unpaired) electrons. The summed E-state index contributed by atoms with van der Waals surface area (Å²) in [7, 11) is -8.11. The molecule has 2 aliphatic carbocycles. The second kappa shape index (κ2) is 28.9. The van der Waals surface area contributed by atoms with Crippen LogP contribution in [0.1, 0.15) is 142 Å². The SMILES string of the molecule is CC1(C)C(/C=C/C2=C(Cl)C(=C\C=C3/N(CCOCCOCCN4/C(=C/C=C5/CCCC(/C=C/C6=[N+](CCCCS(=O)(=O)O)c7ccc8ccccc8c7C6(C)C)=C5Cl)C(C)(C)c5ccccc54)c4ccccc4C3(C)C)/CCC2)=[N+](CCCCS(=O)(=O)O)c2ccc3ccccc3c21. The van der Waals surface area contributed by atoms with E-state index in [1.807, 2.05) is 0 Å². The zero-order chi connectivity index (χ0) is 69.4. The molecule has 0 aromatic heterocycles. The van der Waals surface area contributed by atoms with Gasteiger partial charge in [-0.15, -0.1) is 0 Å². The Balaban J connectivity index is 0.704. The van der Waals surface area contributed by atoms with Gasteiger partial charge in [0, 0.05) is 105 Å².